The molecule has 0 atom stereocenters. The highest BCUT2D eigenvalue weighted by atomic mass is 16.2. The number of hydrogen-bond donors (Lipinski definition) is 1. The first kappa shape index (κ1) is 19.0. The highest BCUT2D eigenvalue weighted by Crippen LogP contribution is 2.17. The van der Waals surface area contributed by atoms with Gasteiger partial charge in [-0.15, -0.1) is 0 Å². The minimum absolute atomic E-state index is 0.00643. The average Bonchev–Trinajstić information content (AvgIpc) is 2.57. The lowest BCUT2D eigenvalue weighted by Gasteiger charge is -2.24. The third-order valence-electron chi connectivity index (χ3n) is 4.45. The Morgan fingerprint density at radius 3 is 2.44 bits per heavy atom. The molecule has 0 spiro atoms. The van der Waals surface area contributed by atoms with E-state index in [0.717, 1.165) is 43.6 Å². The van der Waals surface area contributed by atoms with Crippen LogP contribution in [-0.4, -0.2) is 24.0 Å². The van der Waals surface area contributed by atoms with Crippen LogP contribution in [0.3, 0.4) is 0 Å². The summed E-state index contributed by atoms with van der Waals surface area (Å²) in [6, 6.07) is 14.6. The molecule has 0 aliphatic rings. The summed E-state index contributed by atoms with van der Waals surface area (Å²) in [5.74, 6) is 0. The van der Waals surface area contributed by atoms with Crippen LogP contribution in [0.1, 0.15) is 42.0 Å². The SMILES string of the molecule is CCCCN(CCc1cccc(C)c1)C(=O)Nc1ccc(C)cc1C. The predicted molar refractivity (Wildman–Crippen MR) is 106 cm³/mol. The summed E-state index contributed by atoms with van der Waals surface area (Å²) in [6.07, 6.45) is 2.98. The largest absolute Gasteiger partial charge is 0.324 e. The van der Waals surface area contributed by atoms with Crippen molar-refractivity contribution in [1.82, 2.24) is 4.90 Å². The van der Waals surface area contributed by atoms with Gasteiger partial charge in [-0.2, -0.15) is 0 Å². The fourth-order valence-corrected chi connectivity index (χ4v) is 2.94. The van der Waals surface area contributed by atoms with Crippen LogP contribution < -0.4 is 5.32 Å². The molecule has 0 heterocycles. The van der Waals surface area contributed by atoms with E-state index in [1.807, 2.05) is 24.0 Å². The molecule has 3 heteroatoms. The molecule has 0 radical (unpaired) electrons. The van der Waals surface area contributed by atoms with Crippen molar-refractivity contribution < 1.29 is 4.79 Å². The lowest BCUT2D eigenvalue weighted by Crippen LogP contribution is -2.37. The standard InChI is InChI=1S/C22H30N2O/c1-5-6-13-24(14-12-20-9-7-8-17(2)16-20)22(25)23-21-11-10-18(3)15-19(21)4/h7-11,15-16H,5-6,12-14H2,1-4H3,(H,23,25). The molecule has 0 bridgehead atoms. The molecule has 0 aromatic heterocycles. The predicted octanol–water partition coefficient (Wildman–Crippen LogP) is 5.49. The van der Waals surface area contributed by atoms with E-state index < -0.39 is 0 Å². The van der Waals surface area contributed by atoms with Crippen molar-refractivity contribution >= 4 is 11.7 Å². The fraction of sp³-hybridized carbons (Fsp3) is 0.409. The van der Waals surface area contributed by atoms with E-state index in [2.05, 4.69) is 56.4 Å². The number of rotatable bonds is 7. The zero-order valence-corrected chi connectivity index (χ0v) is 15.9. The minimum Gasteiger partial charge on any atom is -0.324 e. The molecule has 2 aromatic carbocycles. The highest BCUT2D eigenvalue weighted by molar-refractivity contribution is 5.90. The molecule has 0 fully saturated rings. The number of carbonyl (C=O) groups is 1. The lowest BCUT2D eigenvalue weighted by molar-refractivity contribution is 0.211. The normalized spacial score (nSPS) is 10.6. The monoisotopic (exact) mass is 338 g/mol. The van der Waals surface area contributed by atoms with Crippen LogP contribution >= 0.6 is 0 Å². The summed E-state index contributed by atoms with van der Waals surface area (Å²) in [6.45, 7) is 9.88. The molecule has 2 rings (SSSR count). The lowest BCUT2D eigenvalue weighted by atomic mass is 10.1. The zero-order valence-electron chi connectivity index (χ0n) is 15.9. The van der Waals surface area contributed by atoms with E-state index in [0.29, 0.717) is 0 Å². The van der Waals surface area contributed by atoms with Gasteiger partial charge < -0.3 is 10.2 Å². The Labute approximate surface area is 152 Å². The molecule has 0 aliphatic carbocycles. The molecule has 2 aromatic rings. The van der Waals surface area contributed by atoms with Crippen LogP contribution in [0.4, 0.5) is 10.5 Å². The quantitative estimate of drug-likeness (QED) is 0.711. The summed E-state index contributed by atoms with van der Waals surface area (Å²) >= 11 is 0. The smallest absolute Gasteiger partial charge is 0.321 e. The molecule has 3 nitrogen and oxygen atoms in total. The molecule has 25 heavy (non-hydrogen) atoms. The van der Waals surface area contributed by atoms with Gasteiger partial charge in [0.05, 0.1) is 0 Å². The number of nitrogens with zero attached hydrogens (tertiary/aromatic N) is 1. The average molecular weight is 338 g/mol. The number of urea groups is 1. The molecule has 0 aliphatic heterocycles. The Hall–Kier alpha value is -2.29. The van der Waals surface area contributed by atoms with Gasteiger partial charge in [0.2, 0.25) is 0 Å². The van der Waals surface area contributed by atoms with Gasteiger partial charge in [0.1, 0.15) is 0 Å². The molecule has 134 valence electrons. The maximum Gasteiger partial charge on any atom is 0.321 e. The van der Waals surface area contributed by atoms with Crippen LogP contribution in [0.2, 0.25) is 0 Å². The number of aryl methyl sites for hydroxylation is 3. The van der Waals surface area contributed by atoms with E-state index in [1.165, 1.54) is 16.7 Å². The first-order valence-corrected chi connectivity index (χ1v) is 9.18. The number of anilines is 1. The number of hydrogen-bond acceptors (Lipinski definition) is 1. The van der Waals surface area contributed by atoms with Crippen LogP contribution in [-0.2, 0) is 6.42 Å². The third kappa shape index (κ3) is 5.93. The number of benzene rings is 2. The number of unbranched alkanes of at least 4 members (excludes halogenated alkanes) is 1. The zero-order chi connectivity index (χ0) is 18.2. The molecule has 0 saturated heterocycles. The summed E-state index contributed by atoms with van der Waals surface area (Å²) in [5.41, 5.74) is 5.74. The Morgan fingerprint density at radius 1 is 1.00 bits per heavy atom. The molecule has 0 saturated carbocycles. The fourth-order valence-electron chi connectivity index (χ4n) is 2.94. The summed E-state index contributed by atoms with van der Waals surface area (Å²) in [7, 11) is 0. The number of nitrogens with one attached hydrogen (secondary N) is 1. The topological polar surface area (TPSA) is 32.3 Å². The highest BCUT2D eigenvalue weighted by Gasteiger charge is 2.14. The van der Waals surface area contributed by atoms with E-state index >= 15 is 0 Å². The third-order valence-corrected chi connectivity index (χ3v) is 4.45. The first-order valence-electron chi connectivity index (χ1n) is 9.18. The van der Waals surface area contributed by atoms with Crippen LogP contribution in [0.15, 0.2) is 42.5 Å². The summed E-state index contributed by atoms with van der Waals surface area (Å²) in [4.78, 5) is 14.7. The minimum atomic E-state index is -0.00643. The molecular formula is C22H30N2O. The van der Waals surface area contributed by atoms with Crippen LogP contribution in [0.25, 0.3) is 0 Å². The maximum atomic E-state index is 12.8. The Kier molecular flexibility index (Phi) is 7.05. The molecule has 0 unspecified atom stereocenters. The Bertz CT molecular complexity index is 709. The maximum absolute atomic E-state index is 12.8. The van der Waals surface area contributed by atoms with Crippen molar-refractivity contribution in [3.63, 3.8) is 0 Å². The molecular weight excluding hydrogens is 308 g/mol. The van der Waals surface area contributed by atoms with E-state index in [9.17, 15) is 4.79 Å². The van der Waals surface area contributed by atoms with Gasteiger partial charge in [-0.1, -0.05) is 60.9 Å². The summed E-state index contributed by atoms with van der Waals surface area (Å²) < 4.78 is 0. The van der Waals surface area contributed by atoms with Gasteiger partial charge >= 0.3 is 6.03 Å². The van der Waals surface area contributed by atoms with Gasteiger partial charge in [-0.25, -0.2) is 4.79 Å². The van der Waals surface area contributed by atoms with Crippen LogP contribution in [0, 0.1) is 20.8 Å². The summed E-state index contributed by atoms with van der Waals surface area (Å²) in [5, 5.41) is 3.08. The van der Waals surface area contributed by atoms with Gasteiger partial charge in [-0.05, 0) is 50.8 Å². The van der Waals surface area contributed by atoms with Gasteiger partial charge in [0, 0.05) is 18.8 Å². The second-order valence-corrected chi connectivity index (χ2v) is 6.83. The van der Waals surface area contributed by atoms with E-state index in [-0.39, 0.29) is 6.03 Å². The van der Waals surface area contributed by atoms with Gasteiger partial charge in [-0.3, -0.25) is 0 Å². The van der Waals surface area contributed by atoms with Gasteiger partial charge in [0.25, 0.3) is 0 Å². The Morgan fingerprint density at radius 2 is 1.76 bits per heavy atom. The first-order chi connectivity index (χ1) is 12.0. The van der Waals surface area contributed by atoms with E-state index in [4.69, 9.17) is 0 Å². The van der Waals surface area contributed by atoms with E-state index in [1.54, 1.807) is 0 Å². The van der Waals surface area contributed by atoms with Crippen molar-refractivity contribution in [2.45, 2.75) is 47.0 Å². The second-order valence-electron chi connectivity index (χ2n) is 6.83. The second kappa shape index (κ2) is 9.26. The Balaban J connectivity index is 2.03. The number of carbonyl (C=O) groups excluding carboxylic acids is 1. The molecule has 2 amide bonds. The molecule has 1 N–H and O–H groups in total. The van der Waals surface area contributed by atoms with Crippen molar-refractivity contribution in [3.8, 4) is 0 Å². The van der Waals surface area contributed by atoms with Crippen molar-refractivity contribution in [3.05, 3.63) is 64.7 Å². The number of amides is 2. The van der Waals surface area contributed by atoms with Gasteiger partial charge in [0.15, 0.2) is 0 Å². The van der Waals surface area contributed by atoms with Crippen molar-refractivity contribution in [2.24, 2.45) is 0 Å². The van der Waals surface area contributed by atoms with Crippen molar-refractivity contribution in [2.75, 3.05) is 18.4 Å². The van der Waals surface area contributed by atoms with Crippen molar-refractivity contribution in [1.29, 1.82) is 0 Å². The van der Waals surface area contributed by atoms with Crippen LogP contribution in [0.5, 0.6) is 0 Å².